The van der Waals surface area contributed by atoms with Gasteiger partial charge in [-0.1, -0.05) is 0 Å². The van der Waals surface area contributed by atoms with Gasteiger partial charge >= 0.3 is 5.97 Å². The summed E-state index contributed by atoms with van der Waals surface area (Å²) < 4.78 is 9.54. The van der Waals surface area contributed by atoms with Crippen LogP contribution in [0.4, 0.5) is 0 Å². The molecule has 0 heterocycles. The summed E-state index contributed by atoms with van der Waals surface area (Å²) in [4.78, 5) is 9.94. The Hall–Kier alpha value is -0.610. The molecule has 0 saturated heterocycles. The maximum Gasteiger partial charge on any atom is 0.329 e. The Morgan fingerprint density at radius 3 is 2.70 bits per heavy atom. The Labute approximate surface area is 59.7 Å². The van der Waals surface area contributed by atoms with Gasteiger partial charge in [-0.2, -0.15) is 0 Å². The van der Waals surface area contributed by atoms with Crippen LogP contribution in [0.5, 0.6) is 0 Å². The van der Waals surface area contributed by atoms with E-state index in [4.69, 9.17) is 14.6 Å². The van der Waals surface area contributed by atoms with Gasteiger partial charge in [-0.25, -0.2) is 4.79 Å². The standard InChI is InChI=1S/C6H12O4/c1-5(3-9-2)10-4-6(7)8/h5H,3-4H2,1-2H3,(H,7,8). The molecule has 1 unspecified atom stereocenters. The van der Waals surface area contributed by atoms with Crippen LogP contribution in [-0.2, 0) is 14.3 Å². The van der Waals surface area contributed by atoms with Gasteiger partial charge in [-0.3, -0.25) is 0 Å². The molecule has 0 aliphatic rings. The van der Waals surface area contributed by atoms with Gasteiger partial charge in [0.25, 0.3) is 0 Å². The molecule has 0 fully saturated rings. The molecule has 0 aromatic heterocycles. The summed E-state index contributed by atoms with van der Waals surface area (Å²) in [6.45, 7) is 1.92. The highest BCUT2D eigenvalue weighted by atomic mass is 16.5. The van der Waals surface area contributed by atoms with E-state index in [-0.39, 0.29) is 12.7 Å². The van der Waals surface area contributed by atoms with Crippen LogP contribution in [-0.4, -0.2) is 37.5 Å². The topological polar surface area (TPSA) is 55.8 Å². The van der Waals surface area contributed by atoms with Gasteiger partial charge in [0.2, 0.25) is 0 Å². The molecule has 0 rings (SSSR count). The van der Waals surface area contributed by atoms with Crippen molar-refractivity contribution in [1.82, 2.24) is 0 Å². The van der Waals surface area contributed by atoms with Crippen LogP contribution in [0.15, 0.2) is 0 Å². The van der Waals surface area contributed by atoms with Gasteiger partial charge in [0, 0.05) is 7.11 Å². The third-order valence-corrected chi connectivity index (χ3v) is 0.893. The second-order valence-corrected chi connectivity index (χ2v) is 1.97. The van der Waals surface area contributed by atoms with Crippen molar-refractivity contribution in [3.8, 4) is 0 Å². The first kappa shape index (κ1) is 9.39. The van der Waals surface area contributed by atoms with Crippen LogP contribution in [0, 0.1) is 0 Å². The first-order valence-corrected chi connectivity index (χ1v) is 2.99. The molecule has 0 aliphatic heterocycles. The zero-order valence-corrected chi connectivity index (χ0v) is 6.16. The van der Waals surface area contributed by atoms with Gasteiger partial charge in [0.1, 0.15) is 6.61 Å². The minimum absolute atomic E-state index is 0.152. The molecule has 0 aromatic carbocycles. The average Bonchev–Trinajstić information content (AvgIpc) is 1.85. The van der Waals surface area contributed by atoms with E-state index in [0.717, 1.165) is 0 Å². The molecule has 4 nitrogen and oxygen atoms in total. The fraction of sp³-hybridized carbons (Fsp3) is 0.833. The van der Waals surface area contributed by atoms with Crippen molar-refractivity contribution in [3.05, 3.63) is 0 Å². The van der Waals surface area contributed by atoms with Crippen LogP contribution >= 0.6 is 0 Å². The van der Waals surface area contributed by atoms with E-state index in [2.05, 4.69) is 0 Å². The van der Waals surface area contributed by atoms with Gasteiger partial charge in [0.05, 0.1) is 12.7 Å². The Morgan fingerprint density at radius 2 is 2.30 bits per heavy atom. The molecule has 1 atom stereocenters. The molecule has 4 heteroatoms. The third-order valence-electron chi connectivity index (χ3n) is 0.893. The number of ether oxygens (including phenoxy) is 2. The number of rotatable bonds is 5. The first-order valence-electron chi connectivity index (χ1n) is 2.99. The summed E-state index contributed by atoms with van der Waals surface area (Å²) in [5, 5.41) is 8.16. The fourth-order valence-corrected chi connectivity index (χ4v) is 0.496. The summed E-state index contributed by atoms with van der Waals surface area (Å²) in [5.41, 5.74) is 0. The molecule has 0 amide bonds. The number of carboxylic acids is 1. The third kappa shape index (κ3) is 5.53. The number of hydrogen-bond acceptors (Lipinski definition) is 3. The Kier molecular flexibility index (Phi) is 4.88. The van der Waals surface area contributed by atoms with Gasteiger partial charge in [0.15, 0.2) is 0 Å². The molecule has 1 N–H and O–H groups in total. The monoisotopic (exact) mass is 148 g/mol. The lowest BCUT2D eigenvalue weighted by Gasteiger charge is -2.08. The predicted molar refractivity (Wildman–Crippen MR) is 34.9 cm³/mol. The maximum atomic E-state index is 9.94. The number of aliphatic carboxylic acids is 1. The normalized spacial score (nSPS) is 13.0. The van der Waals surface area contributed by atoms with Crippen molar-refractivity contribution in [1.29, 1.82) is 0 Å². The number of hydrogen-bond donors (Lipinski definition) is 1. The quantitative estimate of drug-likeness (QED) is 0.601. The van der Waals surface area contributed by atoms with Crippen LogP contribution in [0.3, 0.4) is 0 Å². The maximum absolute atomic E-state index is 9.94. The molecule has 0 radical (unpaired) electrons. The highest BCUT2D eigenvalue weighted by molar-refractivity contribution is 5.68. The highest BCUT2D eigenvalue weighted by Gasteiger charge is 2.03. The van der Waals surface area contributed by atoms with Gasteiger partial charge in [-0.15, -0.1) is 0 Å². The van der Waals surface area contributed by atoms with Crippen molar-refractivity contribution < 1.29 is 19.4 Å². The minimum atomic E-state index is -0.956. The molecule has 0 aliphatic carbocycles. The summed E-state index contributed by atoms with van der Waals surface area (Å²) in [6, 6.07) is 0. The summed E-state index contributed by atoms with van der Waals surface area (Å²) in [6.07, 6.45) is -0.152. The molecular weight excluding hydrogens is 136 g/mol. The first-order chi connectivity index (χ1) is 4.66. The molecule has 60 valence electrons. The highest BCUT2D eigenvalue weighted by Crippen LogP contribution is 1.89. The largest absolute Gasteiger partial charge is 0.480 e. The van der Waals surface area contributed by atoms with E-state index >= 15 is 0 Å². The summed E-state index contributed by atoms with van der Waals surface area (Å²) in [5.74, 6) is -0.956. The summed E-state index contributed by atoms with van der Waals surface area (Å²) in [7, 11) is 1.54. The fourth-order valence-electron chi connectivity index (χ4n) is 0.496. The van der Waals surface area contributed by atoms with E-state index < -0.39 is 5.97 Å². The lowest BCUT2D eigenvalue weighted by molar-refractivity contribution is -0.144. The summed E-state index contributed by atoms with van der Waals surface area (Å²) >= 11 is 0. The molecule has 0 bridgehead atoms. The SMILES string of the molecule is COCC(C)OCC(=O)O. The van der Waals surface area contributed by atoms with Gasteiger partial charge < -0.3 is 14.6 Å². The average molecular weight is 148 g/mol. The van der Waals surface area contributed by atoms with E-state index in [9.17, 15) is 4.79 Å². The zero-order chi connectivity index (χ0) is 7.98. The predicted octanol–water partition coefficient (Wildman–Crippen LogP) is 0.123. The van der Waals surface area contributed by atoms with Crippen LogP contribution in [0.2, 0.25) is 0 Å². The molecule has 0 spiro atoms. The molecular formula is C6H12O4. The van der Waals surface area contributed by atoms with E-state index in [1.165, 1.54) is 0 Å². The van der Waals surface area contributed by atoms with Gasteiger partial charge in [-0.05, 0) is 6.92 Å². The zero-order valence-electron chi connectivity index (χ0n) is 6.16. The lowest BCUT2D eigenvalue weighted by Crippen LogP contribution is -2.19. The number of carboxylic acid groups (broad SMARTS) is 1. The van der Waals surface area contributed by atoms with Crippen molar-refractivity contribution >= 4 is 5.97 Å². The number of methoxy groups -OCH3 is 1. The van der Waals surface area contributed by atoms with E-state index in [0.29, 0.717) is 6.61 Å². The number of carbonyl (C=O) groups is 1. The smallest absolute Gasteiger partial charge is 0.329 e. The van der Waals surface area contributed by atoms with Crippen LogP contribution in [0.1, 0.15) is 6.92 Å². The van der Waals surface area contributed by atoms with Crippen LogP contribution < -0.4 is 0 Å². The molecule has 0 aromatic rings. The van der Waals surface area contributed by atoms with Crippen molar-refractivity contribution in [2.75, 3.05) is 20.3 Å². The van der Waals surface area contributed by atoms with Crippen molar-refractivity contribution in [2.24, 2.45) is 0 Å². The van der Waals surface area contributed by atoms with Crippen LogP contribution in [0.25, 0.3) is 0 Å². The van der Waals surface area contributed by atoms with E-state index in [1.807, 2.05) is 0 Å². The molecule has 10 heavy (non-hydrogen) atoms. The second kappa shape index (κ2) is 5.20. The minimum Gasteiger partial charge on any atom is -0.480 e. The van der Waals surface area contributed by atoms with E-state index in [1.54, 1.807) is 14.0 Å². The molecule has 0 saturated carbocycles. The van der Waals surface area contributed by atoms with Crippen molar-refractivity contribution in [2.45, 2.75) is 13.0 Å². The Morgan fingerprint density at radius 1 is 1.70 bits per heavy atom. The second-order valence-electron chi connectivity index (χ2n) is 1.97. The lowest BCUT2D eigenvalue weighted by atomic mass is 10.4. The Bertz CT molecular complexity index is 102. The van der Waals surface area contributed by atoms with Crippen molar-refractivity contribution in [3.63, 3.8) is 0 Å². The Balaban J connectivity index is 3.21.